The smallest absolute Gasteiger partial charge is 0.263 e. The molecule has 0 unspecified atom stereocenters. The number of pyridine rings is 1. The van der Waals surface area contributed by atoms with E-state index in [9.17, 15) is 4.79 Å². The van der Waals surface area contributed by atoms with Crippen LogP contribution in [0.5, 0.6) is 0 Å². The lowest BCUT2D eigenvalue weighted by Gasteiger charge is -2.07. The van der Waals surface area contributed by atoms with Gasteiger partial charge in [0.2, 0.25) is 0 Å². The molecule has 0 aliphatic heterocycles. The number of rotatable bonds is 1. The van der Waals surface area contributed by atoms with Crippen LogP contribution in [-0.4, -0.2) is 9.72 Å². The van der Waals surface area contributed by atoms with Crippen molar-refractivity contribution in [1.29, 1.82) is 0 Å². The molecule has 0 amide bonds. The Hall–Kier alpha value is -2.36. The van der Waals surface area contributed by atoms with Crippen LogP contribution in [0.1, 0.15) is 5.69 Å². The number of hydrogen-bond acceptors (Lipinski definition) is 3. The van der Waals surface area contributed by atoms with E-state index in [1.807, 2.05) is 36.4 Å². The highest BCUT2D eigenvalue weighted by atomic mass is 16.5. The zero-order chi connectivity index (χ0) is 12.7. The summed E-state index contributed by atoms with van der Waals surface area (Å²) in [5.74, 6) is 0. The van der Waals surface area contributed by atoms with E-state index in [0.717, 1.165) is 11.3 Å². The number of aromatic nitrogens is 2. The van der Waals surface area contributed by atoms with Crippen molar-refractivity contribution < 1.29 is 4.52 Å². The Balaban J connectivity index is 2.39. The summed E-state index contributed by atoms with van der Waals surface area (Å²) < 4.78 is 6.81. The van der Waals surface area contributed by atoms with E-state index < -0.39 is 0 Å². The first-order valence-electron chi connectivity index (χ1n) is 5.70. The van der Waals surface area contributed by atoms with Crippen LogP contribution >= 0.6 is 0 Å². The van der Waals surface area contributed by atoms with Crippen molar-refractivity contribution in [2.24, 2.45) is 7.05 Å². The molecule has 0 aliphatic carbocycles. The molecule has 0 spiro atoms. The minimum absolute atomic E-state index is 0.0786. The predicted molar refractivity (Wildman–Crippen MR) is 69.4 cm³/mol. The van der Waals surface area contributed by atoms with E-state index in [2.05, 4.69) is 5.16 Å². The van der Waals surface area contributed by atoms with Gasteiger partial charge in [-0.1, -0.05) is 35.5 Å². The SMILES string of the molecule is Cc1noc2cc(-c3ccccc3)n(C)c(=O)c12. The summed E-state index contributed by atoms with van der Waals surface area (Å²) in [6, 6.07) is 11.6. The molecule has 0 aliphatic rings. The predicted octanol–water partition coefficient (Wildman–Crippen LogP) is 2.50. The maximum atomic E-state index is 12.3. The van der Waals surface area contributed by atoms with Crippen LogP contribution < -0.4 is 5.56 Å². The maximum Gasteiger partial charge on any atom is 0.263 e. The molecule has 0 radical (unpaired) electrons. The molecule has 0 N–H and O–H groups in total. The molecule has 3 rings (SSSR count). The van der Waals surface area contributed by atoms with Crippen molar-refractivity contribution >= 4 is 11.0 Å². The van der Waals surface area contributed by atoms with Crippen molar-refractivity contribution in [2.45, 2.75) is 6.92 Å². The fraction of sp³-hybridized carbons (Fsp3) is 0.143. The summed E-state index contributed by atoms with van der Waals surface area (Å²) in [5.41, 5.74) is 2.89. The third-order valence-corrected chi connectivity index (χ3v) is 3.11. The largest absolute Gasteiger partial charge is 0.356 e. The molecule has 0 atom stereocenters. The Morgan fingerprint density at radius 3 is 2.67 bits per heavy atom. The molecule has 0 saturated heterocycles. The molecule has 1 aromatic carbocycles. The summed E-state index contributed by atoms with van der Waals surface area (Å²) in [4.78, 5) is 12.3. The van der Waals surface area contributed by atoms with Gasteiger partial charge >= 0.3 is 0 Å². The Labute approximate surface area is 103 Å². The highest BCUT2D eigenvalue weighted by Crippen LogP contribution is 2.22. The average Bonchev–Trinajstić information content (AvgIpc) is 2.76. The molecule has 2 heterocycles. The first-order chi connectivity index (χ1) is 8.68. The van der Waals surface area contributed by atoms with Crippen LogP contribution in [0.4, 0.5) is 0 Å². The molecule has 4 heteroatoms. The van der Waals surface area contributed by atoms with E-state index in [4.69, 9.17) is 4.52 Å². The number of benzene rings is 1. The summed E-state index contributed by atoms with van der Waals surface area (Å²) in [6.45, 7) is 1.77. The molecular formula is C14H12N2O2. The average molecular weight is 240 g/mol. The van der Waals surface area contributed by atoms with Gasteiger partial charge in [0.05, 0.1) is 11.4 Å². The molecule has 18 heavy (non-hydrogen) atoms. The first kappa shape index (κ1) is 10.8. The minimum Gasteiger partial charge on any atom is -0.356 e. The topological polar surface area (TPSA) is 48.0 Å². The highest BCUT2D eigenvalue weighted by Gasteiger charge is 2.13. The molecule has 0 saturated carbocycles. The van der Waals surface area contributed by atoms with Gasteiger partial charge < -0.3 is 9.09 Å². The quantitative estimate of drug-likeness (QED) is 0.656. The second-order valence-electron chi connectivity index (χ2n) is 4.27. The van der Waals surface area contributed by atoms with Crippen LogP contribution in [0.15, 0.2) is 45.7 Å². The van der Waals surface area contributed by atoms with E-state index in [1.165, 1.54) is 0 Å². The Morgan fingerprint density at radius 2 is 1.94 bits per heavy atom. The second kappa shape index (κ2) is 3.84. The van der Waals surface area contributed by atoms with E-state index in [-0.39, 0.29) is 5.56 Å². The van der Waals surface area contributed by atoms with Crippen molar-refractivity contribution in [2.75, 3.05) is 0 Å². The first-order valence-corrected chi connectivity index (χ1v) is 5.70. The van der Waals surface area contributed by atoms with Crippen molar-refractivity contribution in [3.05, 3.63) is 52.4 Å². The third kappa shape index (κ3) is 1.46. The number of aryl methyl sites for hydroxylation is 1. The van der Waals surface area contributed by atoms with Crippen LogP contribution in [-0.2, 0) is 7.05 Å². The van der Waals surface area contributed by atoms with Crippen LogP contribution in [0.25, 0.3) is 22.2 Å². The standard InChI is InChI=1S/C14H12N2O2/c1-9-13-12(18-15-9)8-11(16(2)14(13)17)10-6-4-3-5-7-10/h3-8H,1-2H3. The monoisotopic (exact) mass is 240 g/mol. The van der Waals surface area contributed by atoms with Crippen molar-refractivity contribution in [3.8, 4) is 11.3 Å². The Kier molecular flexibility index (Phi) is 2.30. The summed E-state index contributed by atoms with van der Waals surface area (Å²) in [7, 11) is 1.76. The van der Waals surface area contributed by atoms with Gasteiger partial charge in [0.1, 0.15) is 5.39 Å². The zero-order valence-electron chi connectivity index (χ0n) is 10.2. The summed E-state index contributed by atoms with van der Waals surface area (Å²) >= 11 is 0. The van der Waals surface area contributed by atoms with Gasteiger partial charge in [0.25, 0.3) is 5.56 Å². The minimum atomic E-state index is -0.0786. The molecule has 3 aromatic rings. The lowest BCUT2D eigenvalue weighted by atomic mass is 10.1. The van der Waals surface area contributed by atoms with Gasteiger partial charge in [-0.2, -0.15) is 0 Å². The normalized spacial score (nSPS) is 11.0. The Bertz CT molecular complexity index is 770. The van der Waals surface area contributed by atoms with Crippen LogP contribution in [0.3, 0.4) is 0 Å². The second-order valence-corrected chi connectivity index (χ2v) is 4.27. The summed E-state index contributed by atoms with van der Waals surface area (Å²) in [5, 5.41) is 4.40. The van der Waals surface area contributed by atoms with E-state index in [0.29, 0.717) is 16.7 Å². The molecule has 0 bridgehead atoms. The number of hydrogen-bond donors (Lipinski definition) is 0. The van der Waals surface area contributed by atoms with Crippen molar-refractivity contribution in [1.82, 2.24) is 9.72 Å². The van der Waals surface area contributed by atoms with Crippen molar-refractivity contribution in [3.63, 3.8) is 0 Å². The fourth-order valence-electron chi connectivity index (χ4n) is 2.13. The zero-order valence-corrected chi connectivity index (χ0v) is 10.2. The highest BCUT2D eigenvalue weighted by molar-refractivity contribution is 5.82. The molecule has 2 aromatic heterocycles. The van der Waals surface area contributed by atoms with Gasteiger partial charge in [-0.3, -0.25) is 4.79 Å². The number of nitrogens with zero attached hydrogens (tertiary/aromatic N) is 2. The van der Waals surface area contributed by atoms with Gasteiger partial charge in [-0.15, -0.1) is 0 Å². The van der Waals surface area contributed by atoms with Gasteiger partial charge in [-0.25, -0.2) is 0 Å². The van der Waals surface area contributed by atoms with E-state index in [1.54, 1.807) is 18.5 Å². The van der Waals surface area contributed by atoms with Gasteiger partial charge in [0.15, 0.2) is 5.58 Å². The molecule has 4 nitrogen and oxygen atoms in total. The van der Waals surface area contributed by atoms with E-state index >= 15 is 0 Å². The lowest BCUT2D eigenvalue weighted by Crippen LogP contribution is -2.18. The molecule has 0 fully saturated rings. The number of fused-ring (bicyclic) bond motifs is 1. The third-order valence-electron chi connectivity index (χ3n) is 3.11. The van der Waals surface area contributed by atoms with Crippen LogP contribution in [0.2, 0.25) is 0 Å². The van der Waals surface area contributed by atoms with Gasteiger partial charge in [0, 0.05) is 13.1 Å². The Morgan fingerprint density at radius 1 is 1.22 bits per heavy atom. The van der Waals surface area contributed by atoms with Gasteiger partial charge in [-0.05, 0) is 12.5 Å². The maximum absolute atomic E-state index is 12.3. The lowest BCUT2D eigenvalue weighted by molar-refractivity contribution is 0.450. The molecular weight excluding hydrogens is 228 g/mol. The fourth-order valence-corrected chi connectivity index (χ4v) is 2.13. The van der Waals surface area contributed by atoms with Crippen LogP contribution in [0, 0.1) is 6.92 Å². The summed E-state index contributed by atoms with van der Waals surface area (Å²) in [6.07, 6.45) is 0. The molecule has 90 valence electrons.